The number of thiocarbonyl (C=S) groups is 1. The van der Waals surface area contributed by atoms with Crippen molar-refractivity contribution in [1.82, 2.24) is 4.90 Å². The van der Waals surface area contributed by atoms with E-state index in [0.29, 0.717) is 6.61 Å². The smallest absolute Gasteiger partial charge is 0.161 e. The van der Waals surface area contributed by atoms with Gasteiger partial charge in [0.25, 0.3) is 0 Å². The minimum atomic E-state index is 0.256. The highest BCUT2D eigenvalue weighted by molar-refractivity contribution is 8.00. The molecule has 0 bridgehead atoms. The summed E-state index contributed by atoms with van der Waals surface area (Å²) in [4.78, 5) is 3.28. The van der Waals surface area contributed by atoms with Gasteiger partial charge in [-0.05, 0) is 17.7 Å². The van der Waals surface area contributed by atoms with E-state index in [1.54, 1.807) is 7.11 Å². The zero-order valence-corrected chi connectivity index (χ0v) is 15.3. The Morgan fingerprint density at radius 2 is 1.83 bits per heavy atom. The number of ether oxygens (including phenoxy) is 2. The van der Waals surface area contributed by atoms with Crippen molar-refractivity contribution in [3.05, 3.63) is 60.2 Å². The van der Waals surface area contributed by atoms with Crippen LogP contribution in [0, 0.1) is 0 Å². The lowest BCUT2D eigenvalue weighted by molar-refractivity contribution is 0.251. The fourth-order valence-electron chi connectivity index (χ4n) is 2.72. The number of thioether (sulfide) groups is 1. The SMILES string of the molecule is COc1ccccc1OCC1SCCN1C(=S)Cc1ccccc1. The Morgan fingerprint density at radius 1 is 1.12 bits per heavy atom. The van der Waals surface area contributed by atoms with E-state index >= 15 is 0 Å². The summed E-state index contributed by atoms with van der Waals surface area (Å²) >= 11 is 7.58. The third-order valence-corrected chi connectivity index (χ3v) is 5.53. The molecule has 5 heteroatoms. The van der Waals surface area contributed by atoms with Gasteiger partial charge in [0.2, 0.25) is 0 Å². The van der Waals surface area contributed by atoms with Crippen molar-refractivity contribution < 1.29 is 9.47 Å². The molecular weight excluding hydrogens is 338 g/mol. The van der Waals surface area contributed by atoms with Gasteiger partial charge in [0.1, 0.15) is 12.0 Å². The molecule has 1 aliphatic heterocycles. The molecule has 2 aromatic rings. The summed E-state index contributed by atoms with van der Waals surface area (Å²) in [7, 11) is 1.66. The molecule has 1 saturated heterocycles. The first-order chi connectivity index (χ1) is 11.8. The summed E-state index contributed by atoms with van der Waals surface area (Å²) in [5.41, 5.74) is 1.25. The average Bonchev–Trinajstić information content (AvgIpc) is 3.10. The second kappa shape index (κ2) is 8.40. The van der Waals surface area contributed by atoms with Crippen molar-refractivity contribution in [2.45, 2.75) is 11.8 Å². The summed E-state index contributed by atoms with van der Waals surface area (Å²) in [6.07, 6.45) is 0.807. The average molecular weight is 360 g/mol. The number of hydrogen-bond donors (Lipinski definition) is 0. The predicted octanol–water partition coefficient (Wildman–Crippen LogP) is 4.02. The highest BCUT2D eigenvalue weighted by Crippen LogP contribution is 2.29. The Labute approximate surface area is 153 Å². The monoisotopic (exact) mass is 359 g/mol. The number of hydrogen-bond acceptors (Lipinski definition) is 4. The van der Waals surface area contributed by atoms with Crippen LogP contribution in [0.5, 0.6) is 11.5 Å². The van der Waals surface area contributed by atoms with Crippen LogP contribution in [0.1, 0.15) is 5.56 Å². The molecule has 0 aliphatic carbocycles. The standard InChI is InChI=1S/C19H21NO2S2/c1-21-16-9-5-6-10-17(16)22-14-19-20(11-12-24-19)18(23)13-15-7-3-2-4-8-15/h2-10,19H,11-14H2,1H3. The van der Waals surface area contributed by atoms with E-state index < -0.39 is 0 Å². The maximum absolute atomic E-state index is 6.00. The van der Waals surface area contributed by atoms with E-state index in [2.05, 4.69) is 29.2 Å². The van der Waals surface area contributed by atoms with Crippen LogP contribution in [-0.4, -0.2) is 41.3 Å². The molecule has 0 aromatic heterocycles. The van der Waals surface area contributed by atoms with Crippen molar-refractivity contribution in [3.63, 3.8) is 0 Å². The summed E-state index contributed by atoms with van der Waals surface area (Å²) < 4.78 is 11.3. The molecular formula is C19H21NO2S2. The highest BCUT2D eigenvalue weighted by Gasteiger charge is 2.28. The van der Waals surface area contributed by atoms with Crippen LogP contribution < -0.4 is 9.47 Å². The van der Waals surface area contributed by atoms with Gasteiger partial charge in [0.05, 0.1) is 12.1 Å². The van der Waals surface area contributed by atoms with Crippen molar-refractivity contribution >= 4 is 29.0 Å². The van der Waals surface area contributed by atoms with Gasteiger partial charge in [-0.1, -0.05) is 54.7 Å². The van der Waals surface area contributed by atoms with Crippen LogP contribution in [0.25, 0.3) is 0 Å². The highest BCUT2D eigenvalue weighted by atomic mass is 32.2. The molecule has 2 aromatic carbocycles. The maximum atomic E-state index is 6.00. The van der Waals surface area contributed by atoms with Crippen LogP contribution >= 0.6 is 24.0 Å². The molecule has 0 saturated carbocycles. The quantitative estimate of drug-likeness (QED) is 0.725. The van der Waals surface area contributed by atoms with Gasteiger partial charge < -0.3 is 14.4 Å². The Bertz CT molecular complexity index is 678. The molecule has 1 unspecified atom stereocenters. The van der Waals surface area contributed by atoms with E-state index in [-0.39, 0.29) is 5.37 Å². The largest absolute Gasteiger partial charge is 0.493 e. The molecule has 0 radical (unpaired) electrons. The van der Waals surface area contributed by atoms with E-state index in [4.69, 9.17) is 21.7 Å². The maximum Gasteiger partial charge on any atom is 0.161 e. The van der Waals surface area contributed by atoms with Crippen LogP contribution in [0.4, 0.5) is 0 Å². The molecule has 1 fully saturated rings. The van der Waals surface area contributed by atoms with Crippen LogP contribution in [0.2, 0.25) is 0 Å². The van der Waals surface area contributed by atoms with Crippen LogP contribution in [-0.2, 0) is 6.42 Å². The van der Waals surface area contributed by atoms with Crippen molar-refractivity contribution in [2.75, 3.05) is 26.0 Å². The topological polar surface area (TPSA) is 21.7 Å². The van der Waals surface area contributed by atoms with E-state index in [9.17, 15) is 0 Å². The second-order valence-corrected chi connectivity index (χ2v) is 7.29. The molecule has 126 valence electrons. The van der Waals surface area contributed by atoms with Gasteiger partial charge in [0.15, 0.2) is 11.5 Å². The van der Waals surface area contributed by atoms with Gasteiger partial charge in [-0.25, -0.2) is 0 Å². The fourth-order valence-corrected chi connectivity index (χ4v) is 4.32. The lowest BCUT2D eigenvalue weighted by Gasteiger charge is -2.26. The predicted molar refractivity (Wildman–Crippen MR) is 104 cm³/mol. The van der Waals surface area contributed by atoms with Crippen molar-refractivity contribution in [3.8, 4) is 11.5 Å². The molecule has 1 aliphatic rings. The normalized spacial score (nSPS) is 16.9. The Kier molecular flexibility index (Phi) is 5.99. The molecule has 24 heavy (non-hydrogen) atoms. The summed E-state index contributed by atoms with van der Waals surface area (Å²) in [5, 5.41) is 0.256. The Morgan fingerprint density at radius 3 is 2.58 bits per heavy atom. The summed E-state index contributed by atoms with van der Waals surface area (Å²) in [6, 6.07) is 18.1. The Hall–Kier alpha value is -1.72. The van der Waals surface area contributed by atoms with Gasteiger partial charge in [-0.15, -0.1) is 11.8 Å². The van der Waals surface area contributed by atoms with Crippen molar-refractivity contribution in [1.29, 1.82) is 0 Å². The third kappa shape index (κ3) is 4.22. The lowest BCUT2D eigenvalue weighted by atomic mass is 10.1. The zero-order valence-electron chi connectivity index (χ0n) is 13.7. The van der Waals surface area contributed by atoms with E-state index in [0.717, 1.165) is 35.2 Å². The van der Waals surface area contributed by atoms with Gasteiger partial charge in [-0.2, -0.15) is 0 Å². The molecule has 0 N–H and O–H groups in total. The molecule has 0 amide bonds. The van der Waals surface area contributed by atoms with Gasteiger partial charge in [-0.3, -0.25) is 0 Å². The first-order valence-corrected chi connectivity index (χ1v) is 9.44. The van der Waals surface area contributed by atoms with Crippen LogP contribution in [0.15, 0.2) is 54.6 Å². The first kappa shape index (κ1) is 17.1. The molecule has 1 atom stereocenters. The second-order valence-electron chi connectivity index (χ2n) is 5.54. The number of benzene rings is 2. The van der Waals surface area contributed by atoms with Gasteiger partial charge in [0, 0.05) is 18.7 Å². The summed E-state index contributed by atoms with van der Waals surface area (Å²) in [5.74, 6) is 2.62. The minimum Gasteiger partial charge on any atom is -0.493 e. The molecule has 3 nitrogen and oxygen atoms in total. The lowest BCUT2D eigenvalue weighted by Crippen LogP contribution is -2.38. The molecule has 0 spiro atoms. The Balaban J connectivity index is 1.60. The fraction of sp³-hybridized carbons (Fsp3) is 0.316. The number of methoxy groups -OCH3 is 1. The molecule has 1 heterocycles. The number of nitrogens with zero attached hydrogens (tertiary/aromatic N) is 1. The van der Waals surface area contributed by atoms with E-state index in [1.807, 2.05) is 42.1 Å². The number of rotatable bonds is 6. The molecule has 3 rings (SSSR count). The summed E-state index contributed by atoms with van der Waals surface area (Å²) in [6.45, 7) is 1.58. The van der Waals surface area contributed by atoms with Gasteiger partial charge >= 0.3 is 0 Å². The third-order valence-electron chi connectivity index (χ3n) is 3.96. The van der Waals surface area contributed by atoms with Crippen LogP contribution in [0.3, 0.4) is 0 Å². The zero-order chi connectivity index (χ0) is 16.8. The van der Waals surface area contributed by atoms with Crippen molar-refractivity contribution in [2.24, 2.45) is 0 Å². The number of para-hydroxylation sites is 2. The van der Waals surface area contributed by atoms with E-state index in [1.165, 1.54) is 5.56 Å². The minimum absolute atomic E-state index is 0.256. The first-order valence-electron chi connectivity index (χ1n) is 7.99.